The van der Waals surface area contributed by atoms with Gasteiger partial charge in [-0.05, 0) is 6.42 Å². The molecule has 1 aromatic rings. The molecule has 1 unspecified atom stereocenters. The van der Waals surface area contributed by atoms with E-state index < -0.39 is 9.84 Å². The van der Waals surface area contributed by atoms with Crippen LogP contribution in [0, 0.1) is 0 Å². The molecule has 1 aromatic heterocycles. The molecule has 7 nitrogen and oxygen atoms in total. The van der Waals surface area contributed by atoms with E-state index in [1.165, 1.54) is 6.20 Å². The van der Waals surface area contributed by atoms with Crippen molar-refractivity contribution in [3.8, 4) is 0 Å². The highest BCUT2D eigenvalue weighted by Crippen LogP contribution is 2.15. The minimum absolute atomic E-state index is 0.126. The first-order valence-electron chi connectivity index (χ1n) is 5.60. The van der Waals surface area contributed by atoms with Crippen LogP contribution in [0.5, 0.6) is 0 Å². The van der Waals surface area contributed by atoms with Gasteiger partial charge in [0.25, 0.3) is 0 Å². The molecule has 1 aliphatic heterocycles. The van der Waals surface area contributed by atoms with Gasteiger partial charge in [-0.2, -0.15) is 10.1 Å². The van der Waals surface area contributed by atoms with Crippen LogP contribution in [-0.4, -0.2) is 47.7 Å². The summed E-state index contributed by atoms with van der Waals surface area (Å²) >= 11 is 0. The fraction of sp³-hybridized carbons (Fsp3) is 0.500. The van der Waals surface area contributed by atoms with Crippen molar-refractivity contribution in [2.24, 2.45) is 0 Å². The molecule has 0 aliphatic carbocycles. The van der Waals surface area contributed by atoms with Crippen molar-refractivity contribution in [3.63, 3.8) is 0 Å². The topological polar surface area (TPSA) is 96.9 Å². The van der Waals surface area contributed by atoms with E-state index in [4.69, 9.17) is 0 Å². The van der Waals surface area contributed by atoms with Crippen LogP contribution in [0.1, 0.15) is 6.42 Å². The lowest BCUT2D eigenvalue weighted by Gasteiger charge is -2.10. The number of aromatic nitrogens is 3. The van der Waals surface area contributed by atoms with Crippen LogP contribution >= 0.6 is 0 Å². The minimum Gasteiger partial charge on any atom is -0.365 e. The summed E-state index contributed by atoms with van der Waals surface area (Å²) in [6, 6.07) is -0.133. The van der Waals surface area contributed by atoms with Crippen molar-refractivity contribution in [2.75, 3.05) is 28.7 Å². The molecule has 2 rings (SSSR count). The highest BCUT2D eigenvalue weighted by atomic mass is 32.2. The Morgan fingerprint density at radius 2 is 2.39 bits per heavy atom. The van der Waals surface area contributed by atoms with E-state index in [2.05, 4.69) is 32.4 Å². The molecule has 0 amide bonds. The normalized spacial score (nSPS) is 21.4. The van der Waals surface area contributed by atoms with E-state index in [1.807, 2.05) is 0 Å². The summed E-state index contributed by atoms with van der Waals surface area (Å²) in [6.07, 6.45) is 3.79. The molecule has 0 radical (unpaired) electrons. The second kappa shape index (κ2) is 5.30. The molecule has 1 saturated heterocycles. The average Bonchev–Trinajstić information content (AvgIpc) is 2.66. The molecule has 0 spiro atoms. The number of sulfone groups is 1. The van der Waals surface area contributed by atoms with Crippen LogP contribution in [0.15, 0.2) is 18.9 Å². The number of hydrogen-bond acceptors (Lipinski definition) is 7. The van der Waals surface area contributed by atoms with Gasteiger partial charge in [-0.15, -0.1) is 11.7 Å². The van der Waals surface area contributed by atoms with E-state index in [9.17, 15) is 8.42 Å². The summed E-state index contributed by atoms with van der Waals surface area (Å²) in [5.41, 5.74) is 0. The molecule has 0 aromatic carbocycles. The molecular formula is C10H15N5O2S. The van der Waals surface area contributed by atoms with Gasteiger partial charge in [-0.25, -0.2) is 8.42 Å². The summed E-state index contributed by atoms with van der Waals surface area (Å²) in [7, 11) is -2.91. The Morgan fingerprint density at radius 1 is 1.56 bits per heavy atom. The Balaban J connectivity index is 1.99. The average molecular weight is 269 g/mol. The van der Waals surface area contributed by atoms with Crippen molar-refractivity contribution in [1.82, 2.24) is 15.2 Å². The second-order valence-corrected chi connectivity index (χ2v) is 6.31. The van der Waals surface area contributed by atoms with Crippen LogP contribution in [-0.2, 0) is 9.84 Å². The first-order chi connectivity index (χ1) is 8.59. The lowest BCUT2D eigenvalue weighted by molar-refractivity contribution is 0.602. The smallest absolute Gasteiger partial charge is 0.244 e. The Labute approximate surface area is 106 Å². The third kappa shape index (κ3) is 3.39. The molecule has 1 atom stereocenters. The van der Waals surface area contributed by atoms with E-state index in [0.717, 1.165) is 0 Å². The Kier molecular flexibility index (Phi) is 3.75. The van der Waals surface area contributed by atoms with Crippen LogP contribution in [0.25, 0.3) is 0 Å². The molecule has 2 heterocycles. The van der Waals surface area contributed by atoms with Crippen molar-refractivity contribution < 1.29 is 8.42 Å². The SMILES string of the molecule is C=CCNc1cnnc(NC2CCS(=O)(=O)C2)n1. The van der Waals surface area contributed by atoms with Gasteiger partial charge in [0.15, 0.2) is 15.7 Å². The van der Waals surface area contributed by atoms with Crippen molar-refractivity contribution >= 4 is 21.6 Å². The van der Waals surface area contributed by atoms with E-state index in [-0.39, 0.29) is 17.5 Å². The summed E-state index contributed by atoms with van der Waals surface area (Å²) in [5.74, 6) is 1.26. The zero-order valence-corrected chi connectivity index (χ0v) is 10.7. The number of hydrogen-bond donors (Lipinski definition) is 2. The fourth-order valence-corrected chi connectivity index (χ4v) is 3.39. The summed E-state index contributed by atoms with van der Waals surface area (Å²) < 4.78 is 22.6. The molecule has 0 saturated carbocycles. The van der Waals surface area contributed by atoms with Crippen molar-refractivity contribution in [2.45, 2.75) is 12.5 Å². The monoisotopic (exact) mass is 269 g/mol. The summed E-state index contributed by atoms with van der Waals surface area (Å²) in [5, 5.41) is 13.6. The van der Waals surface area contributed by atoms with Gasteiger partial charge in [0.1, 0.15) is 0 Å². The fourth-order valence-electron chi connectivity index (χ4n) is 1.72. The van der Waals surface area contributed by atoms with Gasteiger partial charge in [0.2, 0.25) is 5.95 Å². The highest BCUT2D eigenvalue weighted by molar-refractivity contribution is 7.91. The molecule has 2 N–H and O–H groups in total. The Morgan fingerprint density at radius 3 is 3.06 bits per heavy atom. The van der Waals surface area contributed by atoms with Crippen molar-refractivity contribution in [1.29, 1.82) is 0 Å². The van der Waals surface area contributed by atoms with Gasteiger partial charge in [-0.3, -0.25) is 0 Å². The Hall–Kier alpha value is -1.70. The quantitative estimate of drug-likeness (QED) is 0.730. The maximum atomic E-state index is 11.3. The first kappa shape index (κ1) is 12.7. The molecule has 0 bridgehead atoms. The van der Waals surface area contributed by atoms with Gasteiger partial charge in [0.05, 0.1) is 17.7 Å². The van der Waals surface area contributed by atoms with E-state index in [0.29, 0.717) is 24.7 Å². The maximum absolute atomic E-state index is 11.3. The highest BCUT2D eigenvalue weighted by Gasteiger charge is 2.28. The molecule has 8 heteroatoms. The summed E-state index contributed by atoms with van der Waals surface area (Å²) in [6.45, 7) is 4.17. The largest absolute Gasteiger partial charge is 0.365 e. The standard InChI is InChI=1S/C10H15N5O2S/c1-2-4-11-9-6-12-15-10(14-9)13-8-3-5-18(16,17)7-8/h2,6,8H,1,3-5,7H2,(H2,11,13,14,15). The van der Waals surface area contributed by atoms with E-state index >= 15 is 0 Å². The number of anilines is 2. The zero-order chi connectivity index (χ0) is 13.0. The van der Waals surface area contributed by atoms with E-state index in [1.54, 1.807) is 6.08 Å². The van der Waals surface area contributed by atoms with Crippen molar-refractivity contribution in [3.05, 3.63) is 18.9 Å². The number of nitrogens with zero attached hydrogens (tertiary/aromatic N) is 3. The summed E-state index contributed by atoms with van der Waals surface area (Å²) in [4.78, 5) is 4.18. The number of rotatable bonds is 5. The molecule has 1 aliphatic rings. The molecule has 98 valence electrons. The molecule has 18 heavy (non-hydrogen) atoms. The molecule has 1 fully saturated rings. The van der Waals surface area contributed by atoms with Crippen LogP contribution < -0.4 is 10.6 Å². The van der Waals surface area contributed by atoms with Crippen LogP contribution in [0.3, 0.4) is 0 Å². The minimum atomic E-state index is -2.91. The van der Waals surface area contributed by atoms with Gasteiger partial charge in [0, 0.05) is 12.6 Å². The van der Waals surface area contributed by atoms with Gasteiger partial charge < -0.3 is 10.6 Å². The Bertz CT molecular complexity index is 531. The first-order valence-corrected chi connectivity index (χ1v) is 7.42. The lowest BCUT2D eigenvalue weighted by atomic mass is 10.3. The van der Waals surface area contributed by atoms with Gasteiger partial charge >= 0.3 is 0 Å². The maximum Gasteiger partial charge on any atom is 0.244 e. The zero-order valence-electron chi connectivity index (χ0n) is 9.83. The third-order valence-electron chi connectivity index (χ3n) is 2.55. The second-order valence-electron chi connectivity index (χ2n) is 4.08. The predicted molar refractivity (Wildman–Crippen MR) is 69.2 cm³/mol. The third-order valence-corrected chi connectivity index (χ3v) is 4.32. The molecular weight excluding hydrogens is 254 g/mol. The predicted octanol–water partition coefficient (Wildman–Crippen LogP) is 0.0685. The van der Waals surface area contributed by atoms with Crippen LogP contribution in [0.2, 0.25) is 0 Å². The van der Waals surface area contributed by atoms with Gasteiger partial charge in [-0.1, -0.05) is 6.08 Å². The lowest BCUT2D eigenvalue weighted by Crippen LogP contribution is -2.22. The number of nitrogens with one attached hydrogen (secondary N) is 2. The van der Waals surface area contributed by atoms with Crippen LogP contribution in [0.4, 0.5) is 11.8 Å².